The monoisotopic (exact) mass is 246 g/mol. The molecule has 0 saturated carbocycles. The van der Waals surface area contributed by atoms with Crippen molar-refractivity contribution in [2.75, 3.05) is 37.9 Å². The van der Waals surface area contributed by atoms with Crippen molar-refractivity contribution < 1.29 is 4.79 Å². The fourth-order valence-corrected chi connectivity index (χ4v) is 2.45. The predicted octanol–water partition coefficient (Wildman–Crippen LogP) is 0.947. The maximum Gasteiger partial charge on any atom is 0.241 e. The van der Waals surface area contributed by atoms with Gasteiger partial charge in [-0.25, -0.2) is 0 Å². The molecule has 15 heavy (non-hydrogen) atoms. The van der Waals surface area contributed by atoms with Crippen molar-refractivity contribution >= 4 is 40.0 Å². The number of rotatable bonds is 4. The summed E-state index contributed by atoms with van der Waals surface area (Å²) in [6, 6.07) is 0. The highest BCUT2D eigenvalue weighted by molar-refractivity contribution is 7.99. The van der Waals surface area contributed by atoms with Crippen LogP contribution >= 0.6 is 23.3 Å². The Morgan fingerprint density at radius 1 is 1.67 bits per heavy atom. The van der Waals surface area contributed by atoms with E-state index < -0.39 is 0 Å². The zero-order chi connectivity index (χ0) is 11.4. The smallest absolute Gasteiger partial charge is 0.241 e. The number of likely N-dealkylation sites (N-methyl/N-ethyl adjacent to an activating group) is 1. The third-order valence-electron chi connectivity index (χ3n) is 1.78. The van der Waals surface area contributed by atoms with Gasteiger partial charge in [-0.15, -0.1) is 11.8 Å². The van der Waals surface area contributed by atoms with Crippen molar-refractivity contribution in [3.05, 3.63) is 0 Å². The minimum absolute atomic E-state index is 0.0222. The molecule has 5 nitrogen and oxygen atoms in total. The third kappa shape index (κ3) is 3.00. The van der Waals surface area contributed by atoms with E-state index in [1.165, 1.54) is 28.2 Å². The summed E-state index contributed by atoms with van der Waals surface area (Å²) in [5.41, 5.74) is 5.66. The molecule has 84 valence electrons. The molecule has 0 atom stereocenters. The molecule has 0 aliphatic heterocycles. The number of nitrogens with zero attached hydrogens (tertiary/aromatic N) is 2. The highest BCUT2D eigenvalue weighted by atomic mass is 32.2. The molecule has 0 bridgehead atoms. The van der Waals surface area contributed by atoms with Gasteiger partial charge in [-0.05, 0) is 17.8 Å². The SMILES string of the molecule is CSc1c(N)nsc1NCC(=O)N(C)C. The molecule has 3 N–H and O–H groups in total. The molecule has 0 aliphatic rings. The van der Waals surface area contributed by atoms with Gasteiger partial charge in [-0.3, -0.25) is 4.79 Å². The Labute approximate surface area is 97.2 Å². The Hall–Kier alpha value is -0.950. The summed E-state index contributed by atoms with van der Waals surface area (Å²) >= 11 is 2.80. The standard InChI is InChI=1S/C8H14N4OS2/c1-12(2)5(13)4-10-8-6(14-3)7(9)11-15-8/h10H,4H2,1-3H3,(H2,9,11). The van der Waals surface area contributed by atoms with E-state index in [9.17, 15) is 4.79 Å². The van der Waals surface area contributed by atoms with Gasteiger partial charge in [0.05, 0.1) is 11.4 Å². The largest absolute Gasteiger partial charge is 0.382 e. The molecule has 0 spiro atoms. The Bertz CT molecular complexity index is 350. The van der Waals surface area contributed by atoms with E-state index in [1.807, 2.05) is 6.26 Å². The zero-order valence-corrected chi connectivity index (χ0v) is 10.5. The summed E-state index contributed by atoms with van der Waals surface area (Å²) in [5, 5.41) is 3.89. The van der Waals surface area contributed by atoms with Crippen LogP contribution in [0.2, 0.25) is 0 Å². The number of nitrogens with two attached hydrogens (primary N) is 1. The molecule has 1 amide bonds. The lowest BCUT2D eigenvalue weighted by Gasteiger charge is -2.10. The number of carbonyl (C=O) groups is 1. The van der Waals surface area contributed by atoms with Gasteiger partial charge in [-0.2, -0.15) is 4.37 Å². The van der Waals surface area contributed by atoms with Crippen molar-refractivity contribution in [3.8, 4) is 0 Å². The summed E-state index contributed by atoms with van der Waals surface area (Å²) < 4.78 is 4.02. The van der Waals surface area contributed by atoms with E-state index in [0.717, 1.165) is 9.90 Å². The minimum atomic E-state index is 0.0222. The summed E-state index contributed by atoms with van der Waals surface area (Å²) in [6.45, 7) is 0.266. The first kappa shape index (κ1) is 12.1. The molecule has 0 saturated heterocycles. The van der Waals surface area contributed by atoms with Crippen LogP contribution in [0.25, 0.3) is 0 Å². The molecule has 7 heteroatoms. The van der Waals surface area contributed by atoms with Crippen LogP contribution in [-0.4, -0.2) is 42.1 Å². The van der Waals surface area contributed by atoms with Gasteiger partial charge in [0.25, 0.3) is 0 Å². The van der Waals surface area contributed by atoms with Crippen molar-refractivity contribution in [1.82, 2.24) is 9.27 Å². The summed E-state index contributed by atoms with van der Waals surface area (Å²) in [7, 11) is 3.45. The molecule has 1 aromatic rings. The topological polar surface area (TPSA) is 71.2 Å². The second kappa shape index (κ2) is 5.22. The molecule has 0 unspecified atom stereocenters. The maximum absolute atomic E-state index is 11.3. The van der Waals surface area contributed by atoms with Crippen LogP contribution in [0.4, 0.5) is 10.8 Å². The Balaban J connectivity index is 2.61. The average molecular weight is 246 g/mol. The summed E-state index contributed by atoms with van der Waals surface area (Å²) in [5.74, 6) is 0.543. The van der Waals surface area contributed by atoms with Crippen LogP contribution in [0.1, 0.15) is 0 Å². The first-order chi connectivity index (χ1) is 7.06. The number of thioether (sulfide) groups is 1. The van der Waals surface area contributed by atoms with Crippen LogP contribution in [0.5, 0.6) is 0 Å². The van der Waals surface area contributed by atoms with E-state index >= 15 is 0 Å². The molecule has 1 aromatic heterocycles. The van der Waals surface area contributed by atoms with Crippen molar-refractivity contribution in [2.45, 2.75) is 4.90 Å². The summed E-state index contributed by atoms with van der Waals surface area (Å²) in [6.07, 6.45) is 1.93. The molecular formula is C8H14N4OS2. The van der Waals surface area contributed by atoms with Crippen LogP contribution < -0.4 is 11.1 Å². The van der Waals surface area contributed by atoms with E-state index in [-0.39, 0.29) is 12.5 Å². The molecule has 0 aliphatic carbocycles. The second-order valence-corrected chi connectivity index (χ2v) is 4.66. The Kier molecular flexibility index (Phi) is 4.22. The fourth-order valence-electron chi connectivity index (χ4n) is 0.918. The van der Waals surface area contributed by atoms with E-state index in [0.29, 0.717) is 5.82 Å². The lowest BCUT2D eigenvalue weighted by Crippen LogP contribution is -2.28. The lowest BCUT2D eigenvalue weighted by molar-refractivity contribution is -0.126. The number of anilines is 2. The fraction of sp³-hybridized carbons (Fsp3) is 0.500. The van der Waals surface area contributed by atoms with Gasteiger partial charge < -0.3 is 16.0 Å². The average Bonchev–Trinajstić information content (AvgIpc) is 2.55. The highest BCUT2D eigenvalue weighted by Crippen LogP contribution is 2.34. The molecule has 0 aromatic carbocycles. The van der Waals surface area contributed by atoms with Crippen molar-refractivity contribution in [2.24, 2.45) is 0 Å². The number of hydrogen-bond donors (Lipinski definition) is 2. The Morgan fingerprint density at radius 2 is 2.33 bits per heavy atom. The van der Waals surface area contributed by atoms with Gasteiger partial charge in [0.15, 0.2) is 5.82 Å². The number of carbonyl (C=O) groups excluding carboxylic acids is 1. The third-order valence-corrected chi connectivity index (χ3v) is 3.55. The molecule has 0 radical (unpaired) electrons. The molecule has 0 fully saturated rings. The number of hydrogen-bond acceptors (Lipinski definition) is 6. The van der Waals surface area contributed by atoms with Crippen molar-refractivity contribution in [3.63, 3.8) is 0 Å². The molecular weight excluding hydrogens is 232 g/mol. The van der Waals surface area contributed by atoms with E-state index in [2.05, 4.69) is 9.69 Å². The van der Waals surface area contributed by atoms with Crippen molar-refractivity contribution in [1.29, 1.82) is 0 Å². The zero-order valence-electron chi connectivity index (χ0n) is 8.90. The maximum atomic E-state index is 11.3. The quantitative estimate of drug-likeness (QED) is 0.774. The first-order valence-electron chi connectivity index (χ1n) is 4.29. The molecule has 1 heterocycles. The number of amides is 1. The number of aromatic nitrogens is 1. The van der Waals surface area contributed by atoms with Crippen LogP contribution in [-0.2, 0) is 4.79 Å². The van der Waals surface area contributed by atoms with Crippen LogP contribution in [0.15, 0.2) is 4.90 Å². The van der Waals surface area contributed by atoms with E-state index in [4.69, 9.17) is 5.73 Å². The lowest BCUT2D eigenvalue weighted by atomic mass is 10.5. The molecule has 1 rings (SSSR count). The predicted molar refractivity (Wildman–Crippen MR) is 65.5 cm³/mol. The van der Waals surface area contributed by atoms with Gasteiger partial charge in [-0.1, -0.05) is 0 Å². The second-order valence-electron chi connectivity index (χ2n) is 3.07. The normalized spacial score (nSPS) is 10.1. The van der Waals surface area contributed by atoms with Gasteiger partial charge in [0.1, 0.15) is 5.00 Å². The van der Waals surface area contributed by atoms with E-state index in [1.54, 1.807) is 14.1 Å². The van der Waals surface area contributed by atoms with Crippen LogP contribution in [0, 0.1) is 0 Å². The number of nitrogen functional groups attached to an aromatic ring is 1. The minimum Gasteiger partial charge on any atom is -0.382 e. The Morgan fingerprint density at radius 3 is 2.87 bits per heavy atom. The number of nitrogens with one attached hydrogen (secondary N) is 1. The van der Waals surface area contributed by atoms with Gasteiger partial charge in [0, 0.05) is 14.1 Å². The first-order valence-corrected chi connectivity index (χ1v) is 6.29. The van der Waals surface area contributed by atoms with Gasteiger partial charge in [0.2, 0.25) is 5.91 Å². The summed E-state index contributed by atoms with van der Waals surface area (Å²) in [4.78, 5) is 13.8. The highest BCUT2D eigenvalue weighted by Gasteiger charge is 2.11. The van der Waals surface area contributed by atoms with Crippen LogP contribution in [0.3, 0.4) is 0 Å². The van der Waals surface area contributed by atoms with Gasteiger partial charge >= 0.3 is 0 Å².